The van der Waals surface area contributed by atoms with Crippen molar-refractivity contribution in [1.29, 1.82) is 0 Å². The summed E-state index contributed by atoms with van der Waals surface area (Å²) in [6.45, 7) is 6.42. The summed E-state index contributed by atoms with van der Waals surface area (Å²) in [4.78, 5) is 4.41. The Hall–Kier alpha value is -0.880. The molecule has 0 bridgehead atoms. The zero-order valence-corrected chi connectivity index (χ0v) is 14.4. The van der Waals surface area contributed by atoms with Gasteiger partial charge in [-0.25, -0.2) is 4.98 Å². The van der Waals surface area contributed by atoms with E-state index in [1.165, 1.54) is 11.5 Å². The van der Waals surface area contributed by atoms with Gasteiger partial charge in [-0.3, -0.25) is 0 Å². The first-order chi connectivity index (χ1) is 9.79. The van der Waals surface area contributed by atoms with Crippen molar-refractivity contribution in [3.63, 3.8) is 0 Å². The zero-order chi connectivity index (χ0) is 15.6. The van der Waals surface area contributed by atoms with E-state index < -0.39 is 6.10 Å². The molecule has 1 heterocycles. The van der Waals surface area contributed by atoms with E-state index in [1.54, 1.807) is 18.2 Å². The monoisotopic (exact) mass is 345 g/mol. The van der Waals surface area contributed by atoms with Gasteiger partial charge in [-0.15, -0.1) is 0 Å². The Morgan fingerprint density at radius 1 is 1.29 bits per heavy atom. The number of aromatic nitrogens is 2. The first kappa shape index (κ1) is 16.5. The second-order valence-electron chi connectivity index (χ2n) is 5.71. The highest BCUT2D eigenvalue weighted by atomic mass is 35.5. The van der Waals surface area contributed by atoms with Crippen molar-refractivity contribution in [3.8, 4) is 0 Å². The van der Waals surface area contributed by atoms with E-state index in [0.29, 0.717) is 20.7 Å². The summed E-state index contributed by atoms with van der Waals surface area (Å²) in [5.74, 6) is 0.778. The number of nitrogens with zero attached hydrogens (tertiary/aromatic N) is 2. The van der Waals surface area contributed by atoms with E-state index in [9.17, 15) is 5.11 Å². The molecule has 114 valence electrons. The van der Waals surface area contributed by atoms with Crippen LogP contribution in [-0.2, 0) is 5.41 Å². The van der Waals surface area contributed by atoms with Crippen LogP contribution in [0.15, 0.2) is 18.2 Å². The SMILES string of the molecule is CC(C)(C)c1nsc(NCC(O)c2c(Cl)cccc2Cl)n1. The van der Waals surface area contributed by atoms with Crippen LogP contribution in [-0.4, -0.2) is 21.0 Å². The lowest BCUT2D eigenvalue weighted by Crippen LogP contribution is -2.15. The smallest absolute Gasteiger partial charge is 0.202 e. The van der Waals surface area contributed by atoms with Gasteiger partial charge in [0.05, 0.1) is 6.10 Å². The van der Waals surface area contributed by atoms with E-state index >= 15 is 0 Å². The lowest BCUT2D eigenvalue weighted by molar-refractivity contribution is 0.192. The predicted octanol–water partition coefficient (Wildman–Crippen LogP) is 4.29. The molecule has 0 spiro atoms. The highest BCUT2D eigenvalue weighted by molar-refractivity contribution is 7.09. The normalized spacial score (nSPS) is 13.2. The molecular formula is C14H17Cl2N3OS. The Morgan fingerprint density at radius 2 is 1.90 bits per heavy atom. The summed E-state index contributed by atoms with van der Waals surface area (Å²) in [6.07, 6.45) is -0.812. The average molecular weight is 346 g/mol. The van der Waals surface area contributed by atoms with E-state index in [4.69, 9.17) is 23.2 Å². The fourth-order valence-electron chi connectivity index (χ4n) is 1.72. The van der Waals surface area contributed by atoms with E-state index in [-0.39, 0.29) is 12.0 Å². The molecule has 0 fully saturated rings. The van der Waals surface area contributed by atoms with Crippen LogP contribution in [0, 0.1) is 0 Å². The Balaban J connectivity index is 2.05. The summed E-state index contributed by atoms with van der Waals surface area (Å²) in [5, 5.41) is 14.9. The Kier molecular flexibility index (Phi) is 5.09. The Labute approximate surface area is 138 Å². The van der Waals surface area contributed by atoms with E-state index in [2.05, 4.69) is 35.4 Å². The molecule has 0 amide bonds. The van der Waals surface area contributed by atoms with Crippen LogP contribution in [0.25, 0.3) is 0 Å². The first-order valence-electron chi connectivity index (χ1n) is 6.49. The maximum atomic E-state index is 10.2. The Bertz CT molecular complexity index is 605. The molecule has 2 N–H and O–H groups in total. The number of hydrogen-bond donors (Lipinski definition) is 2. The molecule has 7 heteroatoms. The molecule has 1 unspecified atom stereocenters. The summed E-state index contributed by atoms with van der Waals surface area (Å²) < 4.78 is 4.31. The summed E-state index contributed by atoms with van der Waals surface area (Å²) >= 11 is 13.4. The highest BCUT2D eigenvalue weighted by Gasteiger charge is 2.20. The van der Waals surface area contributed by atoms with Crippen LogP contribution in [0.3, 0.4) is 0 Å². The van der Waals surface area contributed by atoms with Gasteiger partial charge >= 0.3 is 0 Å². The molecule has 0 aliphatic heterocycles. The molecule has 1 aromatic carbocycles. The molecule has 2 aromatic rings. The minimum absolute atomic E-state index is 0.0961. The van der Waals surface area contributed by atoms with Gasteiger partial charge in [0.2, 0.25) is 5.13 Å². The predicted molar refractivity (Wildman–Crippen MR) is 88.5 cm³/mol. The van der Waals surface area contributed by atoms with Crippen molar-refractivity contribution in [2.75, 3.05) is 11.9 Å². The molecule has 0 aliphatic rings. The molecule has 4 nitrogen and oxygen atoms in total. The average Bonchev–Trinajstić information content (AvgIpc) is 2.84. The van der Waals surface area contributed by atoms with Gasteiger partial charge < -0.3 is 10.4 Å². The van der Waals surface area contributed by atoms with Gasteiger partial charge in [-0.1, -0.05) is 50.0 Å². The fourth-order valence-corrected chi connectivity index (χ4v) is 3.13. The van der Waals surface area contributed by atoms with Crippen LogP contribution in [0.1, 0.15) is 38.3 Å². The third-order valence-electron chi connectivity index (χ3n) is 2.88. The van der Waals surface area contributed by atoms with Crippen LogP contribution in [0.5, 0.6) is 0 Å². The lowest BCUT2D eigenvalue weighted by Gasteiger charge is -2.15. The molecule has 1 atom stereocenters. The van der Waals surface area contributed by atoms with Crippen molar-refractivity contribution in [1.82, 2.24) is 9.36 Å². The lowest BCUT2D eigenvalue weighted by atomic mass is 9.96. The van der Waals surface area contributed by atoms with E-state index in [0.717, 1.165) is 5.82 Å². The van der Waals surface area contributed by atoms with Gasteiger partial charge in [-0.05, 0) is 12.1 Å². The number of halogens is 2. The molecular weight excluding hydrogens is 329 g/mol. The zero-order valence-electron chi connectivity index (χ0n) is 12.0. The van der Waals surface area contributed by atoms with Crippen molar-refractivity contribution in [2.45, 2.75) is 32.3 Å². The summed E-state index contributed by atoms with van der Waals surface area (Å²) in [6, 6.07) is 5.15. The number of rotatable bonds is 4. The molecule has 0 saturated heterocycles. The number of aliphatic hydroxyl groups excluding tert-OH is 1. The largest absolute Gasteiger partial charge is 0.386 e. The van der Waals surface area contributed by atoms with E-state index in [1.807, 2.05) is 0 Å². The third-order valence-corrected chi connectivity index (χ3v) is 4.21. The summed E-state index contributed by atoms with van der Waals surface area (Å²) in [7, 11) is 0. The number of aliphatic hydroxyl groups is 1. The number of hydrogen-bond acceptors (Lipinski definition) is 5. The maximum absolute atomic E-state index is 10.2. The number of anilines is 1. The number of nitrogens with one attached hydrogen (secondary N) is 1. The fraction of sp³-hybridized carbons (Fsp3) is 0.429. The first-order valence-corrected chi connectivity index (χ1v) is 8.02. The minimum atomic E-state index is -0.812. The maximum Gasteiger partial charge on any atom is 0.202 e. The standard InChI is InChI=1S/C14H17Cl2N3OS/c1-14(2,3)12-18-13(21-19-12)17-7-10(20)11-8(15)5-4-6-9(11)16/h4-6,10,20H,7H2,1-3H3,(H,17,18,19). The quantitative estimate of drug-likeness (QED) is 0.867. The van der Waals surface area contributed by atoms with Gasteiger partial charge in [0.25, 0.3) is 0 Å². The topological polar surface area (TPSA) is 58.0 Å². The van der Waals surface area contributed by atoms with Gasteiger partial charge in [0.15, 0.2) is 0 Å². The second kappa shape index (κ2) is 6.48. The molecule has 0 aliphatic carbocycles. The molecule has 1 aromatic heterocycles. The molecule has 0 saturated carbocycles. The van der Waals surface area contributed by atoms with Crippen molar-refractivity contribution in [2.24, 2.45) is 0 Å². The van der Waals surface area contributed by atoms with Crippen LogP contribution >= 0.6 is 34.7 Å². The summed E-state index contributed by atoms with van der Waals surface area (Å²) in [5.41, 5.74) is 0.426. The van der Waals surface area contributed by atoms with Crippen LogP contribution in [0.2, 0.25) is 10.0 Å². The second-order valence-corrected chi connectivity index (χ2v) is 7.27. The minimum Gasteiger partial charge on any atom is -0.386 e. The van der Waals surface area contributed by atoms with Gasteiger partial charge in [0, 0.05) is 39.1 Å². The van der Waals surface area contributed by atoms with Crippen LogP contribution in [0.4, 0.5) is 5.13 Å². The molecule has 21 heavy (non-hydrogen) atoms. The third kappa shape index (κ3) is 4.07. The molecule has 2 rings (SSSR count). The molecule has 0 radical (unpaired) electrons. The van der Waals surface area contributed by atoms with Gasteiger partial charge in [-0.2, -0.15) is 4.37 Å². The number of benzene rings is 1. The van der Waals surface area contributed by atoms with Crippen molar-refractivity contribution >= 4 is 39.9 Å². The van der Waals surface area contributed by atoms with Crippen molar-refractivity contribution < 1.29 is 5.11 Å². The highest BCUT2D eigenvalue weighted by Crippen LogP contribution is 2.30. The van der Waals surface area contributed by atoms with Crippen LogP contribution < -0.4 is 5.32 Å². The van der Waals surface area contributed by atoms with Gasteiger partial charge in [0.1, 0.15) is 5.82 Å². The van der Waals surface area contributed by atoms with Crippen molar-refractivity contribution in [3.05, 3.63) is 39.6 Å². The Morgan fingerprint density at radius 3 is 2.43 bits per heavy atom.